The smallest absolute Gasteiger partial charge is 0.338 e. The van der Waals surface area contributed by atoms with E-state index in [1.165, 1.54) is 11.1 Å². The van der Waals surface area contributed by atoms with Crippen molar-refractivity contribution < 1.29 is 19.1 Å². The highest BCUT2D eigenvalue weighted by Crippen LogP contribution is 2.65. The van der Waals surface area contributed by atoms with E-state index in [0.717, 1.165) is 38.5 Å². The summed E-state index contributed by atoms with van der Waals surface area (Å²) in [5.74, 6) is 0.753. The number of amides is 2. The lowest BCUT2D eigenvalue weighted by atomic mass is 9.43. The van der Waals surface area contributed by atoms with E-state index in [-0.39, 0.29) is 23.7 Å². The van der Waals surface area contributed by atoms with E-state index < -0.39 is 10.8 Å². The van der Waals surface area contributed by atoms with Crippen molar-refractivity contribution in [2.45, 2.75) is 57.8 Å². The minimum atomic E-state index is -0.530. The molecule has 7 rings (SSSR count). The Kier molecular flexibility index (Phi) is 7.89. The van der Waals surface area contributed by atoms with E-state index in [2.05, 4.69) is 59.2 Å². The molecule has 6 heteroatoms. The number of anilines is 1. The van der Waals surface area contributed by atoms with Gasteiger partial charge in [-0.1, -0.05) is 60.7 Å². The van der Waals surface area contributed by atoms with Gasteiger partial charge in [0.2, 0.25) is 11.8 Å². The molecule has 0 aromatic heterocycles. The maximum absolute atomic E-state index is 13.9. The summed E-state index contributed by atoms with van der Waals surface area (Å²) in [7, 11) is 0. The molecule has 4 bridgehead atoms. The molecule has 0 saturated heterocycles. The molecule has 2 atom stereocenters. The number of ether oxygens (including phenoxy) is 1. The van der Waals surface area contributed by atoms with Crippen LogP contribution in [0.3, 0.4) is 0 Å². The van der Waals surface area contributed by atoms with Gasteiger partial charge in [-0.05, 0) is 99.1 Å². The average molecular weight is 565 g/mol. The predicted octanol–water partition coefficient (Wildman–Crippen LogP) is 6.73. The highest BCUT2D eigenvalue weighted by Gasteiger charge is 2.63. The number of hydrogen-bond donors (Lipinski definition) is 2. The standard InChI is InChI=1S/C36H40N2O4/c1-2-42-32(39)29-13-15-30(16-14-29)38-34(41)36-22-25-19-26(23-36)21-35(20-25,24-36)33(40)37-18-17-31(27-9-5-3-6-10-27)28-11-7-4-8-12-28/h3-16,25-26,31H,2,17-24H2,1H3,(H,37,40)(H,38,41). The summed E-state index contributed by atoms with van der Waals surface area (Å²) in [5.41, 5.74) is 2.61. The lowest BCUT2D eigenvalue weighted by Crippen LogP contribution is -2.60. The molecule has 0 aliphatic heterocycles. The Morgan fingerprint density at radius 3 is 1.88 bits per heavy atom. The first-order chi connectivity index (χ1) is 20.4. The van der Waals surface area contributed by atoms with Gasteiger partial charge in [-0.25, -0.2) is 4.79 Å². The second-order valence-electron chi connectivity index (χ2n) is 12.7. The summed E-state index contributed by atoms with van der Waals surface area (Å²) in [5, 5.41) is 6.45. The van der Waals surface area contributed by atoms with Crippen molar-refractivity contribution in [2.24, 2.45) is 22.7 Å². The molecule has 2 N–H and O–H groups in total. The first-order valence-electron chi connectivity index (χ1n) is 15.4. The molecule has 6 nitrogen and oxygen atoms in total. The second-order valence-corrected chi connectivity index (χ2v) is 12.7. The Morgan fingerprint density at radius 2 is 1.33 bits per heavy atom. The first kappa shape index (κ1) is 28.2. The van der Waals surface area contributed by atoms with Gasteiger partial charge < -0.3 is 15.4 Å². The van der Waals surface area contributed by atoms with E-state index in [1.807, 2.05) is 12.1 Å². The molecule has 42 heavy (non-hydrogen) atoms. The Morgan fingerprint density at radius 1 is 0.786 bits per heavy atom. The molecular formula is C36H40N2O4. The molecule has 218 valence electrons. The quantitative estimate of drug-likeness (QED) is 0.268. The van der Waals surface area contributed by atoms with Crippen molar-refractivity contribution in [1.29, 1.82) is 0 Å². The third kappa shape index (κ3) is 5.59. The van der Waals surface area contributed by atoms with Gasteiger partial charge in [-0.2, -0.15) is 0 Å². The molecule has 4 aliphatic carbocycles. The van der Waals surface area contributed by atoms with Crippen LogP contribution in [-0.2, 0) is 14.3 Å². The van der Waals surface area contributed by atoms with E-state index >= 15 is 0 Å². The van der Waals surface area contributed by atoms with Gasteiger partial charge in [0.25, 0.3) is 0 Å². The van der Waals surface area contributed by atoms with Gasteiger partial charge in [0.1, 0.15) is 0 Å². The zero-order chi connectivity index (χ0) is 29.2. The summed E-state index contributed by atoms with van der Waals surface area (Å²) in [6, 6.07) is 27.8. The summed E-state index contributed by atoms with van der Waals surface area (Å²) < 4.78 is 5.07. The third-order valence-corrected chi connectivity index (χ3v) is 9.80. The van der Waals surface area contributed by atoms with Gasteiger partial charge in [0.15, 0.2) is 0 Å². The monoisotopic (exact) mass is 564 g/mol. The van der Waals surface area contributed by atoms with Gasteiger partial charge in [-0.15, -0.1) is 0 Å². The lowest BCUT2D eigenvalue weighted by molar-refractivity contribution is -0.164. The maximum atomic E-state index is 13.9. The van der Waals surface area contributed by atoms with Gasteiger partial charge in [0, 0.05) is 18.2 Å². The van der Waals surface area contributed by atoms with Crippen molar-refractivity contribution >= 4 is 23.5 Å². The fourth-order valence-electron chi connectivity index (χ4n) is 8.38. The Hall–Kier alpha value is -3.93. The van der Waals surface area contributed by atoms with Crippen LogP contribution in [0.5, 0.6) is 0 Å². The molecule has 4 fully saturated rings. The maximum Gasteiger partial charge on any atom is 0.338 e. The first-order valence-corrected chi connectivity index (χ1v) is 15.4. The Bertz CT molecular complexity index is 1370. The number of esters is 1. The van der Waals surface area contributed by atoms with Crippen LogP contribution < -0.4 is 10.6 Å². The Labute approximate surface area is 248 Å². The van der Waals surface area contributed by atoms with Gasteiger partial charge in [-0.3, -0.25) is 9.59 Å². The summed E-state index contributed by atoms with van der Waals surface area (Å²) in [6.07, 6.45) is 5.97. The molecule has 0 spiro atoms. The van der Waals surface area contributed by atoms with Crippen LogP contribution in [0.25, 0.3) is 0 Å². The summed E-state index contributed by atoms with van der Waals surface area (Å²) in [4.78, 5) is 39.8. The molecule has 2 unspecified atom stereocenters. The fourth-order valence-corrected chi connectivity index (χ4v) is 8.38. The SMILES string of the molecule is CCOC(=O)c1ccc(NC(=O)C23CC4CC(CC(C(=O)NCCC(c5ccccc5)c5ccccc5)(C4)C2)C3)cc1. The predicted molar refractivity (Wildman–Crippen MR) is 163 cm³/mol. The van der Waals surface area contributed by atoms with Crippen LogP contribution in [0.4, 0.5) is 5.69 Å². The third-order valence-electron chi connectivity index (χ3n) is 9.80. The summed E-state index contributed by atoms with van der Waals surface area (Å²) >= 11 is 0. The number of rotatable bonds is 10. The minimum Gasteiger partial charge on any atom is -0.462 e. The van der Waals surface area contributed by atoms with Crippen molar-refractivity contribution in [3.8, 4) is 0 Å². The van der Waals surface area contributed by atoms with Crippen LogP contribution in [0.1, 0.15) is 79.3 Å². The molecule has 3 aromatic carbocycles. The Balaban J connectivity index is 1.13. The highest BCUT2D eigenvalue weighted by atomic mass is 16.5. The van der Waals surface area contributed by atoms with E-state index in [0.29, 0.717) is 42.7 Å². The van der Waals surface area contributed by atoms with Crippen molar-refractivity contribution in [3.63, 3.8) is 0 Å². The van der Waals surface area contributed by atoms with Crippen LogP contribution >= 0.6 is 0 Å². The lowest BCUT2D eigenvalue weighted by Gasteiger charge is -2.60. The van der Waals surface area contributed by atoms with Crippen molar-refractivity contribution in [2.75, 3.05) is 18.5 Å². The largest absolute Gasteiger partial charge is 0.462 e. The van der Waals surface area contributed by atoms with Crippen LogP contribution in [0.2, 0.25) is 0 Å². The molecule has 4 aliphatic rings. The second kappa shape index (κ2) is 11.7. The van der Waals surface area contributed by atoms with E-state index in [1.54, 1.807) is 31.2 Å². The van der Waals surface area contributed by atoms with Crippen molar-refractivity contribution in [3.05, 3.63) is 102 Å². The van der Waals surface area contributed by atoms with E-state index in [4.69, 9.17) is 4.74 Å². The van der Waals surface area contributed by atoms with Gasteiger partial charge in [0.05, 0.1) is 23.0 Å². The molecule has 3 aromatic rings. The zero-order valence-electron chi connectivity index (χ0n) is 24.3. The van der Waals surface area contributed by atoms with Gasteiger partial charge >= 0.3 is 5.97 Å². The number of carbonyl (C=O) groups is 3. The molecule has 2 amide bonds. The topological polar surface area (TPSA) is 84.5 Å². The number of nitrogens with one attached hydrogen (secondary N) is 2. The van der Waals surface area contributed by atoms with E-state index in [9.17, 15) is 14.4 Å². The van der Waals surface area contributed by atoms with Crippen LogP contribution in [-0.4, -0.2) is 30.9 Å². The molecule has 4 saturated carbocycles. The van der Waals surface area contributed by atoms with Crippen molar-refractivity contribution in [1.82, 2.24) is 5.32 Å². The van der Waals surface area contributed by atoms with Crippen LogP contribution in [0, 0.1) is 22.7 Å². The number of benzene rings is 3. The average Bonchev–Trinajstić information content (AvgIpc) is 3.00. The zero-order valence-corrected chi connectivity index (χ0v) is 24.3. The minimum absolute atomic E-state index is 0.00544. The molecular weight excluding hydrogens is 524 g/mol. The molecule has 0 heterocycles. The normalized spacial score (nSPS) is 25.7. The highest BCUT2D eigenvalue weighted by molar-refractivity contribution is 5.97. The fraction of sp³-hybridized carbons (Fsp3) is 0.417. The molecule has 0 radical (unpaired) electrons. The number of carbonyl (C=O) groups excluding carboxylic acids is 3. The summed E-state index contributed by atoms with van der Waals surface area (Å²) in [6.45, 7) is 2.69. The number of hydrogen-bond acceptors (Lipinski definition) is 4. The van der Waals surface area contributed by atoms with Crippen LogP contribution in [0.15, 0.2) is 84.9 Å².